The molecule has 0 atom stereocenters. The number of nitrogens with one attached hydrogen (secondary N) is 2. The molecule has 0 aliphatic carbocycles. The van der Waals surface area contributed by atoms with Gasteiger partial charge in [0.25, 0.3) is 5.91 Å². The highest BCUT2D eigenvalue weighted by Crippen LogP contribution is 2.36. The van der Waals surface area contributed by atoms with E-state index in [-0.39, 0.29) is 17.1 Å². The van der Waals surface area contributed by atoms with Gasteiger partial charge in [-0.15, -0.1) is 0 Å². The van der Waals surface area contributed by atoms with Crippen LogP contribution in [0.1, 0.15) is 21.7 Å². The van der Waals surface area contributed by atoms with Crippen molar-refractivity contribution >= 4 is 34.7 Å². The van der Waals surface area contributed by atoms with Crippen LogP contribution in [0.25, 0.3) is 0 Å². The fourth-order valence-corrected chi connectivity index (χ4v) is 2.46. The van der Waals surface area contributed by atoms with Crippen molar-refractivity contribution in [2.45, 2.75) is 13.1 Å². The maximum absolute atomic E-state index is 13.0. The highest BCUT2D eigenvalue weighted by molar-refractivity contribution is 6.31. The van der Waals surface area contributed by atoms with Crippen molar-refractivity contribution in [3.8, 4) is 0 Å². The van der Waals surface area contributed by atoms with Crippen LogP contribution in [0.4, 0.5) is 30.4 Å². The second-order valence-electron chi connectivity index (χ2n) is 5.56. The Morgan fingerprint density at radius 3 is 2.59 bits per heavy atom. The highest BCUT2D eigenvalue weighted by atomic mass is 35.5. The lowest BCUT2D eigenvalue weighted by atomic mass is 10.2. The van der Waals surface area contributed by atoms with Crippen molar-refractivity contribution in [2.75, 3.05) is 10.6 Å². The summed E-state index contributed by atoms with van der Waals surface area (Å²) in [5.41, 5.74) is -0.296. The predicted molar refractivity (Wildman–Crippen MR) is 93.2 cm³/mol. The van der Waals surface area contributed by atoms with Gasteiger partial charge in [0.05, 0.1) is 28.0 Å². The first-order valence-corrected chi connectivity index (χ1v) is 7.93. The molecule has 2 N–H and O–H groups in total. The van der Waals surface area contributed by atoms with Crippen LogP contribution in [0.5, 0.6) is 0 Å². The highest BCUT2D eigenvalue weighted by Gasteiger charge is 2.33. The van der Waals surface area contributed by atoms with Crippen molar-refractivity contribution in [1.29, 1.82) is 0 Å². The normalized spacial score (nSPS) is 11.3. The summed E-state index contributed by atoms with van der Waals surface area (Å²) >= 11 is 5.60. The Bertz CT molecular complexity index is 988. The summed E-state index contributed by atoms with van der Waals surface area (Å²) in [7, 11) is 0. The molecule has 3 aromatic rings. The summed E-state index contributed by atoms with van der Waals surface area (Å²) in [6, 6.07) is 6.40. The van der Waals surface area contributed by atoms with E-state index in [1.54, 1.807) is 13.0 Å². The molecule has 0 bridgehead atoms. The molecular formula is C17H12ClF3N4O2. The lowest BCUT2D eigenvalue weighted by molar-refractivity contribution is -0.137. The van der Waals surface area contributed by atoms with Crippen LogP contribution in [-0.4, -0.2) is 16.0 Å². The number of nitrogens with zero attached hydrogens (tertiary/aromatic N) is 2. The zero-order chi connectivity index (χ0) is 19.6. The number of amides is 1. The molecule has 0 aliphatic rings. The van der Waals surface area contributed by atoms with E-state index < -0.39 is 22.7 Å². The minimum absolute atomic E-state index is 0.151. The molecule has 0 saturated heterocycles. The number of anilines is 3. The third kappa shape index (κ3) is 4.56. The summed E-state index contributed by atoms with van der Waals surface area (Å²) in [5, 5.41) is 8.55. The maximum Gasteiger partial charge on any atom is 0.417 e. The van der Waals surface area contributed by atoms with E-state index in [0.717, 1.165) is 12.1 Å². The monoisotopic (exact) mass is 396 g/mol. The van der Waals surface area contributed by atoms with Gasteiger partial charge in [0.15, 0.2) is 5.82 Å². The van der Waals surface area contributed by atoms with Gasteiger partial charge >= 0.3 is 6.18 Å². The zero-order valence-electron chi connectivity index (χ0n) is 13.8. The molecule has 0 fully saturated rings. The smallest absolute Gasteiger partial charge is 0.360 e. The van der Waals surface area contributed by atoms with Gasteiger partial charge in [0, 0.05) is 18.0 Å². The quantitative estimate of drug-likeness (QED) is 0.645. The number of halogens is 4. The van der Waals surface area contributed by atoms with Crippen LogP contribution in [0, 0.1) is 6.92 Å². The topological polar surface area (TPSA) is 80.0 Å². The van der Waals surface area contributed by atoms with Crippen LogP contribution in [-0.2, 0) is 6.18 Å². The Balaban J connectivity index is 1.79. The molecule has 0 spiro atoms. The maximum atomic E-state index is 13.0. The zero-order valence-corrected chi connectivity index (χ0v) is 14.5. The van der Waals surface area contributed by atoms with E-state index >= 15 is 0 Å². The van der Waals surface area contributed by atoms with Crippen LogP contribution >= 0.6 is 11.6 Å². The number of alkyl halides is 3. The summed E-state index contributed by atoms with van der Waals surface area (Å²) in [6.07, 6.45) is -1.89. The third-order valence-electron chi connectivity index (χ3n) is 3.43. The van der Waals surface area contributed by atoms with Gasteiger partial charge in [-0.2, -0.15) is 13.2 Å². The Hall–Kier alpha value is -3.07. The molecule has 3 rings (SSSR count). The molecule has 10 heteroatoms. The number of benzene rings is 1. The molecule has 2 heterocycles. The molecule has 1 amide bonds. The number of rotatable bonds is 4. The van der Waals surface area contributed by atoms with Gasteiger partial charge in [-0.05, 0) is 31.2 Å². The Morgan fingerprint density at radius 2 is 1.93 bits per heavy atom. The summed E-state index contributed by atoms with van der Waals surface area (Å²) < 4.78 is 43.7. The van der Waals surface area contributed by atoms with Gasteiger partial charge < -0.3 is 15.2 Å². The molecule has 1 aromatic carbocycles. The van der Waals surface area contributed by atoms with E-state index in [1.807, 2.05) is 0 Å². The molecule has 6 nitrogen and oxygen atoms in total. The van der Waals surface area contributed by atoms with Crippen LogP contribution in [0.15, 0.2) is 47.2 Å². The first-order chi connectivity index (χ1) is 12.7. The van der Waals surface area contributed by atoms with E-state index in [0.29, 0.717) is 11.4 Å². The van der Waals surface area contributed by atoms with Crippen molar-refractivity contribution < 1.29 is 22.5 Å². The number of aromatic nitrogens is 2. The molecular weight excluding hydrogens is 385 g/mol. The predicted octanol–water partition coefficient (Wildman–Crippen LogP) is 5.05. The average molecular weight is 397 g/mol. The largest absolute Gasteiger partial charge is 0.417 e. The molecule has 0 radical (unpaired) electrons. The fourth-order valence-electron chi connectivity index (χ4n) is 2.23. The van der Waals surface area contributed by atoms with Gasteiger partial charge in [-0.1, -0.05) is 16.8 Å². The van der Waals surface area contributed by atoms with E-state index in [4.69, 9.17) is 16.1 Å². The first kappa shape index (κ1) is 18.7. The molecule has 140 valence electrons. The summed E-state index contributed by atoms with van der Waals surface area (Å²) in [6.45, 7) is 1.68. The SMILES string of the molecule is Cc1cc(NC(=O)c2cncc(Nc3ccc(Cl)c(C(F)(F)F)c3)c2)no1. The number of hydrogen-bond donors (Lipinski definition) is 2. The Kier molecular flexibility index (Phi) is 5.04. The van der Waals surface area contributed by atoms with Gasteiger partial charge in [0.1, 0.15) is 5.76 Å². The van der Waals surface area contributed by atoms with Crippen molar-refractivity contribution in [3.63, 3.8) is 0 Å². The van der Waals surface area contributed by atoms with Gasteiger partial charge in [0.2, 0.25) is 0 Å². The molecule has 27 heavy (non-hydrogen) atoms. The van der Waals surface area contributed by atoms with Crippen molar-refractivity contribution in [1.82, 2.24) is 10.1 Å². The van der Waals surface area contributed by atoms with Crippen LogP contribution in [0.2, 0.25) is 5.02 Å². The van der Waals surface area contributed by atoms with Crippen LogP contribution in [0.3, 0.4) is 0 Å². The second-order valence-corrected chi connectivity index (χ2v) is 5.96. The molecule has 0 aliphatic heterocycles. The fraction of sp³-hybridized carbons (Fsp3) is 0.118. The molecule has 2 aromatic heterocycles. The minimum Gasteiger partial charge on any atom is -0.360 e. The second kappa shape index (κ2) is 7.28. The first-order valence-electron chi connectivity index (χ1n) is 7.56. The van der Waals surface area contributed by atoms with Gasteiger partial charge in [-0.25, -0.2) is 0 Å². The Morgan fingerprint density at radius 1 is 1.15 bits per heavy atom. The van der Waals surface area contributed by atoms with E-state index in [9.17, 15) is 18.0 Å². The Labute approximate surface area is 156 Å². The number of pyridine rings is 1. The summed E-state index contributed by atoms with van der Waals surface area (Å²) in [4.78, 5) is 16.2. The summed E-state index contributed by atoms with van der Waals surface area (Å²) in [5.74, 6) is 0.275. The number of carbonyl (C=O) groups is 1. The van der Waals surface area contributed by atoms with E-state index in [1.165, 1.54) is 24.5 Å². The van der Waals surface area contributed by atoms with E-state index in [2.05, 4.69) is 20.8 Å². The minimum atomic E-state index is -4.58. The lowest BCUT2D eigenvalue weighted by Gasteiger charge is -2.12. The standard InChI is InChI=1S/C17H12ClF3N4O2/c1-9-4-15(25-27-9)24-16(26)10-5-12(8-22-7-10)23-11-2-3-14(18)13(6-11)17(19,20)21/h2-8,23H,1H3,(H,24,25,26). The van der Waals surface area contributed by atoms with Gasteiger partial charge in [-0.3, -0.25) is 9.78 Å². The number of carbonyl (C=O) groups excluding carboxylic acids is 1. The van der Waals surface area contributed by atoms with Crippen LogP contribution < -0.4 is 10.6 Å². The van der Waals surface area contributed by atoms with Crippen molar-refractivity contribution in [3.05, 3.63) is 64.6 Å². The molecule has 0 unspecified atom stereocenters. The molecule has 0 saturated carbocycles. The average Bonchev–Trinajstić information content (AvgIpc) is 3.01. The lowest BCUT2D eigenvalue weighted by Crippen LogP contribution is -2.12. The third-order valence-corrected chi connectivity index (χ3v) is 3.76. The number of aryl methyl sites for hydroxylation is 1. The number of hydrogen-bond acceptors (Lipinski definition) is 5. The van der Waals surface area contributed by atoms with Crippen molar-refractivity contribution in [2.24, 2.45) is 0 Å².